The summed E-state index contributed by atoms with van der Waals surface area (Å²) in [5.74, 6) is -3.67. The molecule has 14 nitrogen and oxygen atoms in total. The third-order valence-electron chi connectivity index (χ3n) is 4.78. The molecule has 1 fully saturated rings. The van der Waals surface area contributed by atoms with Crippen molar-refractivity contribution < 1.29 is 38.9 Å². The van der Waals surface area contributed by atoms with Crippen LogP contribution in [0.1, 0.15) is 26.3 Å². The average Bonchev–Trinajstić information content (AvgIpc) is 3.44. The number of ether oxygens (including phenoxy) is 2. The first-order chi connectivity index (χ1) is 14.6. The Hall–Kier alpha value is -4.30. The molecule has 2 aromatic rings. The van der Waals surface area contributed by atoms with Crippen molar-refractivity contribution in [3.05, 3.63) is 71.3 Å². The normalized spacial score (nSPS) is 18.2. The van der Waals surface area contributed by atoms with Crippen LogP contribution < -0.4 is 0 Å². The van der Waals surface area contributed by atoms with Crippen molar-refractivity contribution in [1.29, 1.82) is 0 Å². The molecule has 0 bridgehead atoms. The van der Waals surface area contributed by atoms with Crippen LogP contribution in [-0.2, 0) is 9.47 Å². The number of ketones is 1. The molecule has 2 aliphatic rings. The molecule has 1 aliphatic carbocycles. The number of non-ortho nitro benzene ring substituents is 1. The van der Waals surface area contributed by atoms with Crippen molar-refractivity contribution in [2.45, 2.75) is 5.79 Å². The Morgan fingerprint density at radius 3 is 2.03 bits per heavy atom. The highest BCUT2D eigenvalue weighted by Gasteiger charge is 2.49. The summed E-state index contributed by atoms with van der Waals surface area (Å²) in [6, 6.07) is 3.09. The van der Waals surface area contributed by atoms with Gasteiger partial charge in [0.15, 0.2) is 5.78 Å². The zero-order valence-corrected chi connectivity index (χ0v) is 15.1. The van der Waals surface area contributed by atoms with Crippen LogP contribution in [0.15, 0.2) is 24.3 Å². The lowest BCUT2D eigenvalue weighted by molar-refractivity contribution is -0.394. The first-order valence-electron chi connectivity index (χ1n) is 8.41. The third-order valence-corrected chi connectivity index (χ3v) is 4.78. The van der Waals surface area contributed by atoms with E-state index in [2.05, 4.69) is 0 Å². The van der Waals surface area contributed by atoms with Gasteiger partial charge in [-0.15, -0.1) is 0 Å². The quantitative estimate of drug-likeness (QED) is 0.256. The third kappa shape index (κ3) is 3.06. The first-order valence-corrected chi connectivity index (χ1v) is 8.41. The van der Waals surface area contributed by atoms with E-state index in [4.69, 9.17) is 9.47 Å². The highest BCUT2D eigenvalue weighted by molar-refractivity contribution is 6.25. The van der Waals surface area contributed by atoms with Gasteiger partial charge in [-0.2, -0.15) is 0 Å². The number of carbonyl (C=O) groups excluding carboxylic acids is 2. The minimum Gasteiger partial charge on any atom is -0.424 e. The fourth-order valence-electron chi connectivity index (χ4n) is 3.27. The molecule has 1 saturated heterocycles. The summed E-state index contributed by atoms with van der Waals surface area (Å²) in [6.07, 6.45) is 0. The second kappa shape index (κ2) is 6.61. The first kappa shape index (κ1) is 20.0. The average molecular weight is 431 g/mol. The van der Waals surface area contributed by atoms with Crippen LogP contribution in [0.5, 0.6) is 0 Å². The second-order valence-electron chi connectivity index (χ2n) is 6.65. The zero-order chi connectivity index (χ0) is 22.7. The molecule has 1 atom stereocenters. The summed E-state index contributed by atoms with van der Waals surface area (Å²) in [6.45, 7) is -0.755. The minimum absolute atomic E-state index is 0.0947. The Morgan fingerprint density at radius 2 is 1.55 bits per heavy atom. The van der Waals surface area contributed by atoms with Crippen molar-refractivity contribution in [3.63, 3.8) is 0 Å². The molecular formula is C17H9N3O11. The number of hydrogen-bond acceptors (Lipinski definition) is 11. The molecule has 1 heterocycles. The highest BCUT2D eigenvalue weighted by Crippen LogP contribution is 2.49. The van der Waals surface area contributed by atoms with Crippen molar-refractivity contribution >= 4 is 28.8 Å². The molecule has 31 heavy (non-hydrogen) atoms. The summed E-state index contributed by atoms with van der Waals surface area (Å²) in [4.78, 5) is 56.6. The van der Waals surface area contributed by atoms with Gasteiger partial charge in [0.25, 0.3) is 22.8 Å². The SMILES string of the molecule is O=C(O[C@@]1(CO)CO1)c1cc2c(c([N+](=O)[O-])c1)-c1c(cc([N+](=O)[O-])cc1[N+](=O)[O-])C2=O. The van der Waals surface area contributed by atoms with E-state index in [0.717, 1.165) is 18.2 Å². The van der Waals surface area contributed by atoms with Crippen molar-refractivity contribution in [2.24, 2.45) is 0 Å². The maximum atomic E-state index is 12.9. The van der Waals surface area contributed by atoms with Crippen LogP contribution in [0.4, 0.5) is 17.1 Å². The number of esters is 1. The number of aliphatic hydroxyl groups excluding tert-OH is 1. The van der Waals surface area contributed by atoms with Crippen LogP contribution in [-0.4, -0.2) is 50.6 Å². The fourth-order valence-corrected chi connectivity index (χ4v) is 3.27. The number of rotatable bonds is 6. The Labute approximate surface area is 170 Å². The molecule has 0 radical (unpaired) electrons. The molecule has 0 saturated carbocycles. The Kier molecular flexibility index (Phi) is 4.26. The van der Waals surface area contributed by atoms with E-state index in [1.165, 1.54) is 0 Å². The Morgan fingerprint density at radius 1 is 1.00 bits per heavy atom. The number of fused-ring (bicyclic) bond motifs is 3. The standard InChI is InChI=1S/C17H9N3O11/c21-5-17(6-30-17)31-16(23)7-1-9-13(11(2-7)19(26)27)14-10(15(9)22)3-8(18(24)25)4-12(14)20(28)29/h1-4,21H,5-6H2/t17-/m0/s1. The van der Waals surface area contributed by atoms with Gasteiger partial charge in [-0.1, -0.05) is 0 Å². The molecular weight excluding hydrogens is 422 g/mol. The molecule has 158 valence electrons. The second-order valence-corrected chi connectivity index (χ2v) is 6.65. The lowest BCUT2D eigenvalue weighted by Crippen LogP contribution is -2.25. The van der Waals surface area contributed by atoms with Gasteiger partial charge in [0.1, 0.15) is 13.2 Å². The van der Waals surface area contributed by atoms with Gasteiger partial charge >= 0.3 is 5.97 Å². The molecule has 1 N–H and O–H groups in total. The Bertz CT molecular complexity index is 1230. The minimum atomic E-state index is -1.57. The number of carbonyl (C=O) groups is 2. The summed E-state index contributed by atoms with van der Waals surface area (Å²) >= 11 is 0. The number of benzene rings is 2. The Balaban J connectivity index is 1.93. The molecule has 0 aromatic heterocycles. The summed E-state index contributed by atoms with van der Waals surface area (Å²) < 4.78 is 9.79. The monoisotopic (exact) mass is 431 g/mol. The number of aliphatic hydroxyl groups is 1. The van der Waals surface area contributed by atoms with Crippen molar-refractivity contribution in [2.75, 3.05) is 13.2 Å². The summed E-state index contributed by atoms with van der Waals surface area (Å²) in [5.41, 5.74) is -4.61. The number of hydrogen-bond donors (Lipinski definition) is 1. The smallest absolute Gasteiger partial charge is 0.341 e. The molecule has 1 aliphatic heterocycles. The fraction of sp³-hybridized carbons (Fsp3) is 0.176. The lowest BCUT2D eigenvalue weighted by Gasteiger charge is -2.11. The highest BCUT2D eigenvalue weighted by atomic mass is 16.8. The molecule has 0 unspecified atom stereocenters. The summed E-state index contributed by atoms with van der Waals surface area (Å²) in [5, 5.41) is 43.4. The van der Waals surface area contributed by atoms with E-state index in [9.17, 15) is 45.0 Å². The van der Waals surface area contributed by atoms with Crippen LogP contribution in [0, 0.1) is 30.3 Å². The van der Waals surface area contributed by atoms with Crippen molar-refractivity contribution in [3.8, 4) is 11.1 Å². The number of epoxide rings is 1. The number of nitro benzene ring substituents is 3. The van der Waals surface area contributed by atoms with E-state index in [1.54, 1.807) is 0 Å². The van der Waals surface area contributed by atoms with Gasteiger partial charge in [0.2, 0.25) is 0 Å². The molecule has 0 amide bonds. The molecule has 2 aromatic carbocycles. The zero-order valence-electron chi connectivity index (χ0n) is 15.1. The lowest BCUT2D eigenvalue weighted by atomic mass is 9.99. The van der Waals surface area contributed by atoms with Crippen LogP contribution in [0.25, 0.3) is 11.1 Å². The van der Waals surface area contributed by atoms with Gasteiger partial charge in [-0.25, -0.2) is 4.79 Å². The van der Waals surface area contributed by atoms with Crippen LogP contribution in [0.3, 0.4) is 0 Å². The predicted molar refractivity (Wildman–Crippen MR) is 96.5 cm³/mol. The summed E-state index contributed by atoms with van der Waals surface area (Å²) in [7, 11) is 0. The van der Waals surface area contributed by atoms with E-state index in [1.807, 2.05) is 0 Å². The van der Waals surface area contributed by atoms with E-state index >= 15 is 0 Å². The number of nitrogens with zero attached hydrogens (tertiary/aromatic N) is 3. The van der Waals surface area contributed by atoms with Gasteiger partial charge in [0.05, 0.1) is 37.5 Å². The van der Waals surface area contributed by atoms with Gasteiger partial charge in [-0.3, -0.25) is 35.1 Å². The van der Waals surface area contributed by atoms with Gasteiger partial charge in [-0.05, 0) is 6.07 Å². The van der Waals surface area contributed by atoms with Crippen LogP contribution in [0.2, 0.25) is 0 Å². The molecule has 0 spiro atoms. The maximum absolute atomic E-state index is 12.9. The van der Waals surface area contributed by atoms with E-state index in [0.29, 0.717) is 6.07 Å². The van der Waals surface area contributed by atoms with Gasteiger partial charge < -0.3 is 14.6 Å². The maximum Gasteiger partial charge on any atom is 0.341 e. The number of nitro groups is 3. The van der Waals surface area contributed by atoms with Crippen LogP contribution >= 0.6 is 0 Å². The molecule has 14 heteroatoms. The van der Waals surface area contributed by atoms with Crippen molar-refractivity contribution in [1.82, 2.24) is 0 Å². The topological polar surface area (TPSA) is 206 Å². The van der Waals surface area contributed by atoms with E-state index < -0.39 is 83.8 Å². The molecule has 4 rings (SSSR count). The predicted octanol–water partition coefficient (Wildman–Crippen LogP) is 1.50. The van der Waals surface area contributed by atoms with E-state index in [-0.39, 0.29) is 6.61 Å². The van der Waals surface area contributed by atoms with Gasteiger partial charge in [0, 0.05) is 23.3 Å². The largest absolute Gasteiger partial charge is 0.424 e.